The van der Waals surface area contributed by atoms with Crippen molar-refractivity contribution in [2.75, 3.05) is 61.3 Å². The van der Waals surface area contributed by atoms with Gasteiger partial charge in [0.2, 0.25) is 17.3 Å². The third-order valence-corrected chi connectivity index (χ3v) is 21.1. The van der Waals surface area contributed by atoms with Crippen molar-refractivity contribution < 1.29 is 120 Å². The molecule has 0 radical (unpaired) electrons. The molecule has 9 aliphatic rings. The molecule has 15 atom stereocenters. The first-order valence-corrected chi connectivity index (χ1v) is 30.5. The van der Waals surface area contributed by atoms with E-state index in [0.29, 0.717) is 11.1 Å². The van der Waals surface area contributed by atoms with Gasteiger partial charge in [0.1, 0.15) is 68.5 Å². The first-order valence-electron chi connectivity index (χ1n) is 30.5. The molecule has 101 heavy (non-hydrogen) atoms. The minimum atomic E-state index is -2.89. The number of allylic oxidation sites excluding steroid dienone is 1. The third-order valence-electron chi connectivity index (χ3n) is 21.1. The molecule has 548 valence electrons. The standard InChI is InChI=1S/C23H27N3O7.2C22H24N2O8.3ClH.H2O/c1-25(2)12-5-6-13(27)15-10(12)7-9-8-11-17(26(3)4)19(29)16(22(24)32)21(31)23(11,33)20(30)14(9)18(15)28;1-21(31)8-5-4-6-11(25)12(8)16(26)13-9(21)7-10-15(24(2)3)17(27)14(20(23)30)19(29)22(10,32)18(13)28;1-7-8-5-4-6-9(25)11(8)16(26)12-10(7)17(27)14-15(24(2)3)18(28)13(21(23)31)20(30)22(14,32)19(12)29;;;;/h5-6,9,11,17,27,29-30,33H,7-8H2,1-4H3,(H2,24,32);4-6,9-10,15,25,27-28,31-32H,7H2,1-3H3,(H2,23,30);4-7,10,14-15,17,25,27-29,32H,1-3H3,(H2,23,31);3*1H;1H2/t9-,11-,17-,23-;9-,10-,15-,21+,22-;7-,10+,14+,15-,17-,22-;;;;/m000..../s1. The molecule has 3 aromatic carbocycles. The molecule has 3 amide bonds. The largest absolute Gasteiger partial charge is 0.510 e. The zero-order valence-corrected chi connectivity index (χ0v) is 58.2. The lowest BCUT2D eigenvalue weighted by molar-refractivity contribution is -0.162. The number of aliphatic hydroxyl groups excluding tert-OH is 7. The van der Waals surface area contributed by atoms with E-state index in [0.717, 1.165) is 5.69 Å². The number of primary amides is 3. The number of hydrogen-bond donors (Lipinski definition) is 17. The number of phenols is 3. The van der Waals surface area contributed by atoms with Gasteiger partial charge >= 0.3 is 0 Å². The lowest BCUT2D eigenvalue weighted by Gasteiger charge is -2.53. The number of ketones is 6. The minimum Gasteiger partial charge on any atom is -0.510 e. The van der Waals surface area contributed by atoms with E-state index in [-0.39, 0.29) is 101 Å². The van der Waals surface area contributed by atoms with Crippen LogP contribution in [0.25, 0.3) is 0 Å². The van der Waals surface area contributed by atoms with Crippen LogP contribution in [-0.4, -0.2) is 242 Å². The fourth-order valence-corrected chi connectivity index (χ4v) is 16.7. The van der Waals surface area contributed by atoms with E-state index in [4.69, 9.17) is 17.2 Å². The highest BCUT2D eigenvalue weighted by molar-refractivity contribution is 6.27. The van der Waals surface area contributed by atoms with E-state index in [1.54, 1.807) is 58.2 Å². The number of rotatable bonds is 7. The van der Waals surface area contributed by atoms with Gasteiger partial charge in [-0.3, -0.25) is 57.9 Å². The number of nitrogens with two attached hydrogens (primary N) is 3. The molecule has 0 bridgehead atoms. The number of aliphatic hydroxyl groups is 11. The Hall–Kier alpha value is -8.96. The van der Waals surface area contributed by atoms with E-state index < -0.39 is 209 Å². The van der Waals surface area contributed by atoms with Crippen molar-refractivity contribution in [3.05, 3.63) is 150 Å². The number of benzene rings is 3. The van der Waals surface area contributed by atoms with Crippen molar-refractivity contribution in [2.24, 2.45) is 52.7 Å². The number of anilines is 1. The summed E-state index contributed by atoms with van der Waals surface area (Å²) >= 11 is 0. The van der Waals surface area contributed by atoms with Crippen LogP contribution in [0.3, 0.4) is 0 Å². The van der Waals surface area contributed by atoms with Crippen molar-refractivity contribution in [1.29, 1.82) is 0 Å². The molecule has 0 heterocycles. The maximum Gasteiger partial charge on any atom is 0.255 e. The highest BCUT2D eigenvalue weighted by Gasteiger charge is 2.69. The van der Waals surface area contributed by atoms with E-state index in [1.807, 2.05) is 0 Å². The molecule has 22 N–H and O–H groups in total. The highest BCUT2D eigenvalue weighted by Crippen LogP contribution is 2.59. The van der Waals surface area contributed by atoms with Crippen molar-refractivity contribution in [1.82, 2.24) is 14.7 Å². The Labute approximate surface area is 594 Å². The van der Waals surface area contributed by atoms with Crippen molar-refractivity contribution in [3.8, 4) is 17.2 Å². The van der Waals surface area contributed by atoms with Crippen LogP contribution in [0.15, 0.2) is 117 Å². The molecule has 0 fully saturated rings. The molecule has 34 heteroatoms. The third kappa shape index (κ3) is 11.2. The molecule has 31 nitrogen and oxygen atoms in total. The summed E-state index contributed by atoms with van der Waals surface area (Å²) in [6.45, 7) is 3.08. The van der Waals surface area contributed by atoms with Gasteiger partial charge in [-0.05, 0) is 121 Å². The molecular formula is C67H80Cl3N7O24. The number of Topliss-reactive ketones (excluding diaryl/α,β-unsaturated/α-hetero) is 6. The number of fused-ring (bicyclic) bond motifs is 9. The van der Waals surface area contributed by atoms with Crippen molar-refractivity contribution in [2.45, 2.75) is 85.7 Å². The van der Waals surface area contributed by atoms with Crippen LogP contribution in [0.4, 0.5) is 5.69 Å². The van der Waals surface area contributed by atoms with Crippen LogP contribution in [0.2, 0.25) is 0 Å². The Balaban J connectivity index is 0.000000234. The monoisotopic (exact) mass is 1470 g/mol. The SMILES string of the molecule is CN(C)[C@@H]1C(O)=C(C(N)=O)C(=O)[C@@]2(O)C(O)=C3C(=O)c4c(O)cccc4[C@@](C)(O)[C@H]3C[C@@H]12.CN(C)c1ccc(O)c2c1C[C@H]1C[C@H]3[C@H](N(C)C)C(O)=C(C(N)=O)C(=O)[C@@]3(O)C(O)=C1C2=O.C[C@H]1c2cccc(O)c2C(=O)C2=C(O)[C@]3(O)C(=O)C(C(N)=O)=C(O)[C@@H](N(C)C)[C@@H]3[C@@H](O)[C@@H]21.Cl.Cl.Cl.O. The average Bonchev–Trinajstić information content (AvgIpc) is 0.702. The first kappa shape index (κ1) is 81.0. The van der Waals surface area contributed by atoms with Gasteiger partial charge in [0.15, 0.2) is 34.2 Å². The van der Waals surface area contributed by atoms with Gasteiger partial charge < -0.3 is 99.1 Å². The minimum absolute atomic E-state index is 0. The number of amides is 3. The summed E-state index contributed by atoms with van der Waals surface area (Å²) in [7, 11) is 12.8. The summed E-state index contributed by atoms with van der Waals surface area (Å²) in [6, 6.07) is 8.28. The van der Waals surface area contributed by atoms with Crippen LogP contribution in [0.1, 0.15) is 80.4 Å². The van der Waals surface area contributed by atoms with Crippen LogP contribution < -0.4 is 22.1 Å². The fraction of sp³-hybridized carbons (Fsp3) is 0.418. The highest BCUT2D eigenvalue weighted by atomic mass is 35.5. The smallest absolute Gasteiger partial charge is 0.255 e. The summed E-state index contributed by atoms with van der Waals surface area (Å²) in [4.78, 5) is 122. The van der Waals surface area contributed by atoms with Gasteiger partial charge in [-0.25, -0.2) is 0 Å². The first-order chi connectivity index (χ1) is 45.0. The zero-order chi connectivity index (χ0) is 72.3. The normalized spacial score (nSPS) is 31.3. The summed E-state index contributed by atoms with van der Waals surface area (Å²) in [5.41, 5.74) is 3.73. The Morgan fingerprint density at radius 2 is 0.901 bits per heavy atom. The molecule has 12 rings (SSSR count). The molecule has 0 aliphatic heterocycles. The molecule has 0 saturated heterocycles. The molecular weight excluding hydrogens is 1390 g/mol. The Bertz CT molecular complexity index is 4320. The second kappa shape index (κ2) is 27.4. The molecule has 0 unspecified atom stereocenters. The van der Waals surface area contributed by atoms with E-state index >= 15 is 0 Å². The maximum atomic E-state index is 13.5. The second-order valence-electron chi connectivity index (χ2n) is 27.1. The van der Waals surface area contributed by atoms with Crippen molar-refractivity contribution >= 4 is 95.3 Å². The number of carbonyl (C=O) groups excluding carboxylic acids is 9. The summed E-state index contributed by atoms with van der Waals surface area (Å²) in [5, 5.41) is 154. The van der Waals surface area contributed by atoms with Gasteiger partial charge in [0, 0.05) is 60.2 Å². The molecule has 0 saturated carbocycles. The van der Waals surface area contributed by atoms with Gasteiger partial charge in [-0.2, -0.15) is 0 Å². The summed E-state index contributed by atoms with van der Waals surface area (Å²) in [5.74, 6) is -23.3. The number of phenolic OH excluding ortho intramolecular Hbond substituents is 3. The summed E-state index contributed by atoms with van der Waals surface area (Å²) < 4.78 is 0. The topological polar surface area (TPSA) is 559 Å². The van der Waals surface area contributed by atoms with Gasteiger partial charge in [-0.15, -0.1) is 37.2 Å². The van der Waals surface area contributed by atoms with Gasteiger partial charge in [0.25, 0.3) is 17.7 Å². The number of aromatic hydroxyl groups is 3. The molecule has 3 aromatic rings. The van der Waals surface area contributed by atoms with E-state index in [1.165, 1.54) is 80.1 Å². The number of carbonyl (C=O) groups is 9. The maximum absolute atomic E-state index is 13.5. The number of hydrogen-bond acceptors (Lipinski definition) is 27. The molecule has 0 aromatic heterocycles. The van der Waals surface area contributed by atoms with Crippen LogP contribution in [0.5, 0.6) is 17.2 Å². The predicted octanol–water partition coefficient (Wildman–Crippen LogP) is 0.0653. The van der Waals surface area contributed by atoms with Gasteiger partial charge in [-0.1, -0.05) is 31.2 Å². The van der Waals surface area contributed by atoms with Crippen LogP contribution >= 0.6 is 37.2 Å². The lowest BCUT2D eigenvalue weighted by atomic mass is 9.55. The molecule has 9 aliphatic carbocycles. The van der Waals surface area contributed by atoms with Crippen LogP contribution in [0, 0.1) is 35.5 Å². The quantitative estimate of drug-likeness (QED) is 0.139. The van der Waals surface area contributed by atoms with E-state index in [2.05, 4.69) is 0 Å². The number of likely N-dealkylation sites (N-methyl/N-ethyl adjacent to an activating group) is 3. The summed E-state index contributed by atoms with van der Waals surface area (Å²) in [6.07, 6.45) is -1.47. The average molecular weight is 1470 g/mol. The number of halogens is 3. The van der Waals surface area contributed by atoms with Crippen molar-refractivity contribution in [3.63, 3.8) is 0 Å². The lowest BCUT2D eigenvalue weighted by Crippen LogP contribution is -2.68. The fourth-order valence-electron chi connectivity index (χ4n) is 16.7. The number of nitrogens with zero attached hydrogens (tertiary/aromatic N) is 4. The Morgan fingerprint density at radius 3 is 1.37 bits per heavy atom. The van der Waals surface area contributed by atoms with Crippen LogP contribution in [-0.2, 0) is 40.8 Å². The van der Waals surface area contributed by atoms with Gasteiger partial charge in [0.05, 0.1) is 52.4 Å². The van der Waals surface area contributed by atoms with E-state index in [9.17, 15) is 115 Å². The zero-order valence-electron chi connectivity index (χ0n) is 55.8. The predicted molar refractivity (Wildman–Crippen MR) is 363 cm³/mol. The second-order valence-corrected chi connectivity index (χ2v) is 27.1. The Morgan fingerprint density at radius 1 is 0.505 bits per heavy atom. The molecule has 0 spiro atoms. The Kier molecular flexibility index (Phi) is 22.0.